The van der Waals surface area contributed by atoms with E-state index >= 15 is 0 Å². The topological polar surface area (TPSA) is 68.2 Å². The van der Waals surface area contributed by atoms with Gasteiger partial charge in [-0.3, -0.25) is 0 Å². The Kier molecular flexibility index (Phi) is 5.49. The lowest BCUT2D eigenvalue weighted by Gasteiger charge is -2.21. The van der Waals surface area contributed by atoms with Gasteiger partial charge in [-0.1, -0.05) is 0 Å². The van der Waals surface area contributed by atoms with Gasteiger partial charge in [0.2, 0.25) is 0 Å². The lowest BCUT2D eigenvalue weighted by molar-refractivity contribution is -0.134. The average Bonchev–Trinajstić information content (AvgIpc) is 2.11. The summed E-state index contributed by atoms with van der Waals surface area (Å²) in [5.74, 6) is -0.599. The second-order valence-electron chi connectivity index (χ2n) is 4.00. The second kappa shape index (κ2) is 6.09. The molecule has 16 heavy (non-hydrogen) atoms. The number of esters is 1. The van der Waals surface area contributed by atoms with Crippen LogP contribution in [0.1, 0.15) is 27.7 Å². The number of carbonyl (C=O) groups excluding carboxylic acids is 2. The van der Waals surface area contributed by atoms with Crippen molar-refractivity contribution in [1.29, 1.82) is 0 Å². The van der Waals surface area contributed by atoms with Gasteiger partial charge < -0.3 is 9.47 Å². The molecule has 0 saturated heterocycles. The molecule has 6 nitrogen and oxygen atoms in total. The fraction of sp³-hybridized carbons (Fsp3) is 0.700. The van der Waals surface area contributed by atoms with Crippen LogP contribution in [0.3, 0.4) is 0 Å². The SMILES string of the molecule is CCOC(=O)C=NN(C)C(=O)OC(C)(C)C. The molecule has 0 aromatic heterocycles. The summed E-state index contributed by atoms with van der Waals surface area (Å²) in [5.41, 5.74) is -0.592. The molecule has 92 valence electrons. The third-order valence-electron chi connectivity index (χ3n) is 1.28. The molecule has 0 aromatic carbocycles. The highest BCUT2D eigenvalue weighted by Crippen LogP contribution is 2.08. The predicted octanol–water partition coefficient (Wildman–Crippen LogP) is 1.40. The highest BCUT2D eigenvalue weighted by molar-refractivity contribution is 6.23. The Morgan fingerprint density at radius 3 is 2.38 bits per heavy atom. The number of hydrogen-bond acceptors (Lipinski definition) is 5. The molecule has 0 heterocycles. The fourth-order valence-electron chi connectivity index (χ4n) is 0.688. The molecule has 0 spiro atoms. The number of ether oxygens (including phenoxy) is 2. The van der Waals surface area contributed by atoms with E-state index in [0.29, 0.717) is 0 Å². The Balaban J connectivity index is 4.20. The van der Waals surface area contributed by atoms with Crippen LogP contribution in [0, 0.1) is 0 Å². The average molecular weight is 230 g/mol. The van der Waals surface area contributed by atoms with E-state index in [1.807, 2.05) is 0 Å². The van der Waals surface area contributed by atoms with Gasteiger partial charge in [0.1, 0.15) is 11.8 Å². The number of nitrogens with zero attached hydrogens (tertiary/aromatic N) is 2. The molecular formula is C10H18N2O4. The van der Waals surface area contributed by atoms with Crippen LogP contribution >= 0.6 is 0 Å². The molecule has 1 amide bonds. The van der Waals surface area contributed by atoms with E-state index in [9.17, 15) is 9.59 Å². The van der Waals surface area contributed by atoms with Crippen molar-refractivity contribution in [3.8, 4) is 0 Å². The third kappa shape index (κ3) is 6.80. The zero-order valence-electron chi connectivity index (χ0n) is 10.3. The Morgan fingerprint density at radius 2 is 1.94 bits per heavy atom. The van der Waals surface area contributed by atoms with Crippen molar-refractivity contribution in [2.75, 3.05) is 13.7 Å². The molecule has 0 bridgehead atoms. The Morgan fingerprint density at radius 1 is 1.38 bits per heavy atom. The number of hydrazone groups is 1. The number of hydrogen-bond donors (Lipinski definition) is 0. The highest BCUT2D eigenvalue weighted by atomic mass is 16.6. The van der Waals surface area contributed by atoms with Crippen LogP contribution in [0.25, 0.3) is 0 Å². The quantitative estimate of drug-likeness (QED) is 0.417. The van der Waals surface area contributed by atoms with Crippen molar-refractivity contribution < 1.29 is 19.1 Å². The predicted molar refractivity (Wildman–Crippen MR) is 59.1 cm³/mol. The summed E-state index contributed by atoms with van der Waals surface area (Å²) in [7, 11) is 1.39. The lowest BCUT2D eigenvalue weighted by Crippen LogP contribution is -2.31. The largest absolute Gasteiger partial charge is 0.462 e. The van der Waals surface area contributed by atoms with E-state index in [2.05, 4.69) is 9.84 Å². The first-order valence-electron chi connectivity index (χ1n) is 4.93. The molecule has 0 unspecified atom stereocenters. The Labute approximate surface area is 95.2 Å². The van der Waals surface area contributed by atoms with Crippen LogP contribution < -0.4 is 0 Å². The van der Waals surface area contributed by atoms with E-state index in [1.165, 1.54) is 7.05 Å². The maximum atomic E-state index is 11.4. The van der Waals surface area contributed by atoms with Crippen LogP contribution in [-0.4, -0.2) is 42.5 Å². The van der Waals surface area contributed by atoms with E-state index in [4.69, 9.17) is 4.74 Å². The van der Waals surface area contributed by atoms with Crippen molar-refractivity contribution >= 4 is 18.3 Å². The molecule has 0 atom stereocenters. The molecule has 0 N–H and O–H groups in total. The minimum atomic E-state index is -0.631. The van der Waals surface area contributed by atoms with Gasteiger partial charge in [0.25, 0.3) is 0 Å². The van der Waals surface area contributed by atoms with E-state index in [1.54, 1.807) is 27.7 Å². The monoisotopic (exact) mass is 230 g/mol. The highest BCUT2D eigenvalue weighted by Gasteiger charge is 2.19. The summed E-state index contributed by atoms with van der Waals surface area (Å²) in [6.07, 6.45) is 0.293. The van der Waals surface area contributed by atoms with Crippen LogP contribution in [0.5, 0.6) is 0 Å². The van der Waals surface area contributed by atoms with Gasteiger partial charge in [0.05, 0.1) is 6.61 Å². The lowest BCUT2D eigenvalue weighted by atomic mass is 10.2. The molecule has 0 saturated carbocycles. The fourth-order valence-corrected chi connectivity index (χ4v) is 0.688. The van der Waals surface area contributed by atoms with E-state index in [-0.39, 0.29) is 6.61 Å². The molecule has 0 aliphatic carbocycles. The standard InChI is InChI=1S/C10H18N2O4/c1-6-15-8(13)7-11-12(5)9(14)16-10(2,3)4/h7H,6H2,1-5H3. The molecule has 0 aromatic rings. The van der Waals surface area contributed by atoms with Crippen molar-refractivity contribution in [3.05, 3.63) is 0 Å². The number of rotatable bonds is 3. The van der Waals surface area contributed by atoms with Crippen LogP contribution in [-0.2, 0) is 14.3 Å². The first-order chi connectivity index (χ1) is 7.26. The molecule has 0 rings (SSSR count). The molecule has 0 fully saturated rings. The van der Waals surface area contributed by atoms with Crippen LogP contribution in [0.2, 0.25) is 0 Å². The maximum Gasteiger partial charge on any atom is 0.430 e. The third-order valence-corrected chi connectivity index (χ3v) is 1.28. The summed E-state index contributed by atoms with van der Waals surface area (Å²) >= 11 is 0. The molecule has 6 heteroatoms. The summed E-state index contributed by atoms with van der Waals surface area (Å²) in [6, 6.07) is 0. The van der Waals surface area contributed by atoms with Gasteiger partial charge in [0, 0.05) is 7.05 Å². The minimum Gasteiger partial charge on any atom is -0.462 e. The van der Waals surface area contributed by atoms with Gasteiger partial charge in [-0.15, -0.1) is 0 Å². The normalized spacial score (nSPS) is 11.3. The van der Waals surface area contributed by atoms with Gasteiger partial charge >= 0.3 is 12.1 Å². The van der Waals surface area contributed by atoms with Gasteiger partial charge in [-0.2, -0.15) is 5.10 Å². The summed E-state index contributed by atoms with van der Waals surface area (Å²) < 4.78 is 9.62. The number of carbonyl (C=O) groups is 2. The van der Waals surface area contributed by atoms with Gasteiger partial charge in [-0.05, 0) is 27.7 Å². The van der Waals surface area contributed by atoms with Gasteiger partial charge in [-0.25, -0.2) is 14.6 Å². The zero-order valence-corrected chi connectivity index (χ0v) is 10.3. The Hall–Kier alpha value is -1.59. The molecular weight excluding hydrogens is 212 g/mol. The summed E-state index contributed by atoms with van der Waals surface area (Å²) in [6.45, 7) is 7.18. The van der Waals surface area contributed by atoms with E-state index in [0.717, 1.165) is 11.2 Å². The van der Waals surface area contributed by atoms with Crippen molar-refractivity contribution in [2.24, 2.45) is 5.10 Å². The van der Waals surface area contributed by atoms with Crippen LogP contribution in [0.15, 0.2) is 5.10 Å². The molecule has 0 radical (unpaired) electrons. The summed E-state index contributed by atoms with van der Waals surface area (Å²) in [5, 5.41) is 4.52. The Bertz CT molecular complexity index is 281. The summed E-state index contributed by atoms with van der Waals surface area (Å²) in [4.78, 5) is 22.3. The smallest absolute Gasteiger partial charge is 0.430 e. The second-order valence-corrected chi connectivity index (χ2v) is 4.00. The van der Waals surface area contributed by atoms with E-state index < -0.39 is 17.7 Å². The van der Waals surface area contributed by atoms with Crippen molar-refractivity contribution in [2.45, 2.75) is 33.3 Å². The van der Waals surface area contributed by atoms with Crippen molar-refractivity contribution in [3.63, 3.8) is 0 Å². The number of amides is 1. The maximum absolute atomic E-state index is 11.4. The molecule has 0 aliphatic rings. The van der Waals surface area contributed by atoms with Crippen LogP contribution in [0.4, 0.5) is 4.79 Å². The molecule has 0 aliphatic heterocycles. The zero-order chi connectivity index (χ0) is 12.8. The first-order valence-corrected chi connectivity index (χ1v) is 4.93. The van der Waals surface area contributed by atoms with Gasteiger partial charge in [0.15, 0.2) is 0 Å². The van der Waals surface area contributed by atoms with Crippen molar-refractivity contribution in [1.82, 2.24) is 5.01 Å². The minimum absolute atomic E-state index is 0.265. The first kappa shape index (κ1) is 14.4.